The predicted molar refractivity (Wildman–Crippen MR) is 96.0 cm³/mol. The largest absolute Gasteiger partial charge is 0.416 e. The summed E-state index contributed by atoms with van der Waals surface area (Å²) in [6.07, 6.45) is -2.77. The number of carbonyl (C=O) groups excluding carboxylic acids is 1. The van der Waals surface area contributed by atoms with Crippen molar-refractivity contribution in [1.29, 1.82) is 0 Å². The molecule has 27 heavy (non-hydrogen) atoms. The van der Waals surface area contributed by atoms with Gasteiger partial charge in [-0.05, 0) is 57.7 Å². The third kappa shape index (κ3) is 5.93. The number of nitrogens with one attached hydrogen (secondary N) is 2. The summed E-state index contributed by atoms with van der Waals surface area (Å²) in [6, 6.07) is 3.97. The molecular weight excluding hydrogens is 381 g/mol. The SMILES string of the molecule is CC(C)NC(=O)CNC1CCC(S(=O)(=O)c2cccc(C(F)(F)F)c2)CC1. The van der Waals surface area contributed by atoms with Crippen molar-refractivity contribution in [3.8, 4) is 0 Å². The van der Waals surface area contributed by atoms with Crippen LogP contribution < -0.4 is 10.6 Å². The molecule has 0 aliphatic heterocycles. The van der Waals surface area contributed by atoms with Gasteiger partial charge in [0, 0.05) is 12.1 Å². The van der Waals surface area contributed by atoms with Gasteiger partial charge in [-0.3, -0.25) is 4.79 Å². The van der Waals surface area contributed by atoms with Crippen LogP contribution in [0.25, 0.3) is 0 Å². The number of hydrogen-bond acceptors (Lipinski definition) is 4. The van der Waals surface area contributed by atoms with Crippen molar-refractivity contribution in [1.82, 2.24) is 10.6 Å². The van der Waals surface area contributed by atoms with Crippen LogP contribution in [0.4, 0.5) is 13.2 Å². The zero-order chi connectivity index (χ0) is 20.2. The third-order valence-corrected chi connectivity index (χ3v) is 6.86. The molecule has 152 valence electrons. The van der Waals surface area contributed by atoms with Crippen LogP contribution in [0.5, 0.6) is 0 Å². The quantitative estimate of drug-likeness (QED) is 0.762. The van der Waals surface area contributed by atoms with E-state index in [2.05, 4.69) is 10.6 Å². The standard InChI is InChI=1S/C18H25F3N2O3S/c1-12(2)23-17(24)11-22-14-6-8-15(9-7-14)27(25,26)16-5-3-4-13(10-16)18(19,20)21/h3-5,10,12,14-15,22H,6-9,11H2,1-2H3,(H,23,24). The van der Waals surface area contributed by atoms with Crippen molar-refractivity contribution in [2.75, 3.05) is 6.54 Å². The Hall–Kier alpha value is -1.61. The van der Waals surface area contributed by atoms with Crippen LogP contribution >= 0.6 is 0 Å². The minimum Gasteiger partial charge on any atom is -0.353 e. The van der Waals surface area contributed by atoms with Crippen LogP contribution in [-0.2, 0) is 20.8 Å². The number of sulfone groups is 1. The molecule has 1 fully saturated rings. The highest BCUT2D eigenvalue weighted by Gasteiger charge is 2.35. The van der Waals surface area contributed by atoms with Gasteiger partial charge in [0.2, 0.25) is 5.91 Å². The van der Waals surface area contributed by atoms with E-state index in [1.807, 2.05) is 13.8 Å². The molecule has 0 heterocycles. The molecule has 1 aromatic rings. The molecule has 1 aliphatic carbocycles. The molecule has 2 N–H and O–H groups in total. The summed E-state index contributed by atoms with van der Waals surface area (Å²) in [7, 11) is -3.82. The lowest BCUT2D eigenvalue weighted by molar-refractivity contribution is -0.137. The average Bonchev–Trinajstić information content (AvgIpc) is 2.59. The first-order valence-corrected chi connectivity index (χ1v) is 10.5. The Labute approximate surface area is 157 Å². The molecule has 5 nitrogen and oxygen atoms in total. The van der Waals surface area contributed by atoms with E-state index in [9.17, 15) is 26.4 Å². The van der Waals surface area contributed by atoms with Gasteiger partial charge >= 0.3 is 6.18 Å². The lowest BCUT2D eigenvalue weighted by Crippen LogP contribution is -2.43. The van der Waals surface area contributed by atoms with Crippen LogP contribution in [0.3, 0.4) is 0 Å². The van der Waals surface area contributed by atoms with Crippen LogP contribution in [0.15, 0.2) is 29.2 Å². The number of benzene rings is 1. The molecule has 0 bridgehead atoms. The fraction of sp³-hybridized carbons (Fsp3) is 0.611. The fourth-order valence-electron chi connectivity index (χ4n) is 3.23. The maximum absolute atomic E-state index is 12.8. The summed E-state index contributed by atoms with van der Waals surface area (Å²) in [5, 5.41) is 5.17. The van der Waals surface area contributed by atoms with Crippen molar-refractivity contribution in [3.05, 3.63) is 29.8 Å². The van der Waals surface area contributed by atoms with E-state index in [-0.39, 0.29) is 29.4 Å². The van der Waals surface area contributed by atoms with Crippen molar-refractivity contribution in [2.24, 2.45) is 0 Å². The summed E-state index contributed by atoms with van der Waals surface area (Å²) in [4.78, 5) is 11.4. The molecule has 9 heteroatoms. The van der Waals surface area contributed by atoms with Gasteiger partial charge in [0.05, 0.1) is 22.3 Å². The van der Waals surface area contributed by atoms with Gasteiger partial charge in [0.25, 0.3) is 0 Å². The highest BCUT2D eigenvalue weighted by atomic mass is 32.2. The minimum atomic E-state index is -4.58. The van der Waals surface area contributed by atoms with Crippen molar-refractivity contribution in [3.63, 3.8) is 0 Å². The Morgan fingerprint density at radius 3 is 2.37 bits per heavy atom. The molecule has 2 rings (SSSR count). The number of carbonyl (C=O) groups is 1. The minimum absolute atomic E-state index is 0.0240. The van der Waals surface area contributed by atoms with Crippen molar-refractivity contribution < 1.29 is 26.4 Å². The average molecular weight is 406 g/mol. The van der Waals surface area contributed by atoms with E-state index in [1.165, 1.54) is 6.07 Å². The molecule has 0 unspecified atom stereocenters. The second-order valence-electron chi connectivity index (χ2n) is 7.15. The highest BCUT2D eigenvalue weighted by molar-refractivity contribution is 7.92. The van der Waals surface area contributed by atoms with Gasteiger partial charge in [-0.2, -0.15) is 13.2 Å². The van der Waals surface area contributed by atoms with E-state index >= 15 is 0 Å². The van der Waals surface area contributed by atoms with Gasteiger partial charge < -0.3 is 10.6 Å². The van der Waals surface area contributed by atoms with Gasteiger partial charge in [-0.25, -0.2) is 8.42 Å². The van der Waals surface area contributed by atoms with Crippen molar-refractivity contribution >= 4 is 15.7 Å². The molecule has 0 atom stereocenters. The molecule has 1 saturated carbocycles. The number of halogens is 3. The van der Waals surface area contributed by atoms with E-state index in [4.69, 9.17) is 0 Å². The Bertz CT molecular complexity index is 755. The lowest BCUT2D eigenvalue weighted by atomic mass is 9.95. The van der Waals surface area contributed by atoms with Gasteiger partial charge in [0.15, 0.2) is 9.84 Å². The predicted octanol–water partition coefficient (Wildman–Crippen LogP) is 2.90. The topological polar surface area (TPSA) is 75.3 Å². The Morgan fingerprint density at radius 2 is 1.81 bits per heavy atom. The Balaban J connectivity index is 1.96. The Morgan fingerprint density at radius 1 is 1.19 bits per heavy atom. The normalized spacial score (nSPS) is 21.3. The van der Waals surface area contributed by atoms with E-state index < -0.39 is 26.8 Å². The van der Waals surface area contributed by atoms with Crippen LogP contribution in [0, 0.1) is 0 Å². The molecule has 0 radical (unpaired) electrons. The van der Waals surface area contributed by atoms with E-state index in [1.54, 1.807) is 0 Å². The molecule has 0 saturated heterocycles. The first-order valence-electron chi connectivity index (χ1n) is 8.94. The van der Waals surface area contributed by atoms with Gasteiger partial charge in [-0.15, -0.1) is 0 Å². The zero-order valence-corrected chi connectivity index (χ0v) is 16.2. The smallest absolute Gasteiger partial charge is 0.353 e. The highest BCUT2D eigenvalue weighted by Crippen LogP contribution is 2.33. The second-order valence-corrected chi connectivity index (χ2v) is 9.38. The molecule has 1 aliphatic rings. The van der Waals surface area contributed by atoms with Crippen LogP contribution in [-0.4, -0.2) is 38.2 Å². The molecule has 0 aromatic heterocycles. The van der Waals surface area contributed by atoms with Crippen LogP contribution in [0.2, 0.25) is 0 Å². The maximum Gasteiger partial charge on any atom is 0.416 e. The molecular formula is C18H25F3N2O3S. The zero-order valence-electron chi connectivity index (χ0n) is 15.3. The number of amides is 1. The maximum atomic E-state index is 12.8. The summed E-state index contributed by atoms with van der Waals surface area (Å²) in [6.45, 7) is 3.89. The number of rotatable bonds is 6. The number of hydrogen-bond donors (Lipinski definition) is 2. The lowest BCUT2D eigenvalue weighted by Gasteiger charge is -2.29. The van der Waals surface area contributed by atoms with E-state index in [0.717, 1.165) is 12.1 Å². The molecule has 0 spiro atoms. The summed E-state index contributed by atoms with van der Waals surface area (Å²) in [5.41, 5.74) is -0.963. The first kappa shape index (κ1) is 21.7. The third-order valence-electron chi connectivity index (χ3n) is 4.60. The summed E-state index contributed by atoms with van der Waals surface area (Å²) < 4.78 is 63.9. The van der Waals surface area contributed by atoms with Crippen molar-refractivity contribution in [2.45, 2.75) is 67.9 Å². The molecule has 1 amide bonds. The molecule has 1 aromatic carbocycles. The van der Waals surface area contributed by atoms with E-state index in [0.29, 0.717) is 31.7 Å². The van der Waals surface area contributed by atoms with Gasteiger partial charge in [-0.1, -0.05) is 6.07 Å². The van der Waals surface area contributed by atoms with Gasteiger partial charge in [0.1, 0.15) is 0 Å². The fourth-order valence-corrected chi connectivity index (χ4v) is 5.07. The summed E-state index contributed by atoms with van der Waals surface area (Å²) >= 11 is 0. The summed E-state index contributed by atoms with van der Waals surface area (Å²) in [5.74, 6) is -0.122. The monoisotopic (exact) mass is 406 g/mol. The van der Waals surface area contributed by atoms with Crippen LogP contribution in [0.1, 0.15) is 45.1 Å². The first-order chi connectivity index (χ1) is 12.5. The second kappa shape index (κ2) is 8.60. The Kier molecular flexibility index (Phi) is 6.91. The number of alkyl halides is 3.